The zero-order valence-corrected chi connectivity index (χ0v) is 14.5. The summed E-state index contributed by atoms with van der Waals surface area (Å²) in [6.07, 6.45) is 0. The Bertz CT molecular complexity index is 597. The number of hydrogen-bond donors (Lipinski definition) is 2. The van der Waals surface area contributed by atoms with Crippen LogP contribution in [0.1, 0.15) is 17.8 Å². The largest absolute Gasteiger partial charge is 0.494 e. The molecule has 1 heterocycles. The van der Waals surface area contributed by atoms with Crippen molar-refractivity contribution < 1.29 is 9.53 Å². The molecule has 1 aromatic heterocycles. The minimum atomic E-state index is -0.211. The first-order valence-corrected chi connectivity index (χ1v) is 8.45. The van der Waals surface area contributed by atoms with Gasteiger partial charge in [0.2, 0.25) is 0 Å². The Hall–Kier alpha value is -2.05. The Morgan fingerprint density at radius 3 is 2.57 bits per heavy atom. The summed E-state index contributed by atoms with van der Waals surface area (Å²) in [5.41, 5.74) is 0.739. The van der Waals surface area contributed by atoms with Crippen molar-refractivity contribution in [2.45, 2.75) is 13.0 Å². The number of anilines is 1. The number of thiophene rings is 1. The SMILES string of the molecule is CCOc1ccc(NC(=O)NC[C@@H](c2cccs2)N(C)C)cc1. The Labute approximate surface area is 141 Å². The summed E-state index contributed by atoms with van der Waals surface area (Å²) >= 11 is 1.69. The lowest BCUT2D eigenvalue weighted by Gasteiger charge is -2.23. The molecule has 2 aromatic rings. The van der Waals surface area contributed by atoms with Crippen molar-refractivity contribution in [3.8, 4) is 5.75 Å². The molecule has 6 heteroatoms. The van der Waals surface area contributed by atoms with Crippen LogP contribution >= 0.6 is 11.3 Å². The Morgan fingerprint density at radius 1 is 1.26 bits per heavy atom. The maximum atomic E-state index is 12.1. The van der Waals surface area contributed by atoms with Crippen molar-refractivity contribution >= 4 is 23.1 Å². The first-order chi connectivity index (χ1) is 11.1. The van der Waals surface area contributed by atoms with Crippen LogP contribution in [0, 0.1) is 0 Å². The van der Waals surface area contributed by atoms with Gasteiger partial charge in [0.15, 0.2) is 0 Å². The van der Waals surface area contributed by atoms with Crippen LogP contribution in [0.5, 0.6) is 5.75 Å². The van der Waals surface area contributed by atoms with Gasteiger partial charge in [-0.15, -0.1) is 11.3 Å². The van der Waals surface area contributed by atoms with Crippen LogP contribution in [0.15, 0.2) is 41.8 Å². The highest BCUT2D eigenvalue weighted by molar-refractivity contribution is 7.10. The van der Waals surface area contributed by atoms with Crippen molar-refractivity contribution in [2.24, 2.45) is 0 Å². The summed E-state index contributed by atoms with van der Waals surface area (Å²) < 4.78 is 5.38. The van der Waals surface area contributed by atoms with Gasteiger partial charge < -0.3 is 20.3 Å². The molecule has 0 saturated carbocycles. The van der Waals surface area contributed by atoms with Gasteiger partial charge in [-0.25, -0.2) is 4.79 Å². The third kappa shape index (κ3) is 5.26. The third-order valence-corrected chi connectivity index (χ3v) is 4.35. The van der Waals surface area contributed by atoms with Crippen molar-refractivity contribution in [2.75, 3.05) is 32.6 Å². The Balaban J connectivity index is 1.86. The molecule has 124 valence electrons. The lowest BCUT2D eigenvalue weighted by molar-refractivity contribution is 0.244. The van der Waals surface area contributed by atoms with Crippen molar-refractivity contribution in [1.82, 2.24) is 10.2 Å². The molecule has 0 fully saturated rings. The number of nitrogens with zero attached hydrogens (tertiary/aromatic N) is 1. The fraction of sp³-hybridized carbons (Fsp3) is 0.353. The lowest BCUT2D eigenvalue weighted by atomic mass is 10.2. The average molecular weight is 333 g/mol. The van der Waals surface area contributed by atoms with Crippen LogP contribution in [0.2, 0.25) is 0 Å². The van der Waals surface area contributed by atoms with Gasteiger partial charge in [-0.1, -0.05) is 6.07 Å². The number of carbonyl (C=O) groups is 1. The predicted molar refractivity (Wildman–Crippen MR) is 95.4 cm³/mol. The lowest BCUT2D eigenvalue weighted by Crippen LogP contribution is -2.36. The molecule has 2 rings (SSSR count). The second kappa shape index (κ2) is 8.55. The smallest absolute Gasteiger partial charge is 0.319 e. The number of amides is 2. The monoisotopic (exact) mass is 333 g/mol. The molecule has 2 N–H and O–H groups in total. The Morgan fingerprint density at radius 2 is 2.00 bits per heavy atom. The topological polar surface area (TPSA) is 53.6 Å². The van der Waals surface area contributed by atoms with Crippen LogP contribution in [-0.2, 0) is 0 Å². The zero-order valence-electron chi connectivity index (χ0n) is 13.7. The standard InChI is InChI=1S/C17H23N3O2S/c1-4-22-14-9-7-13(8-10-14)19-17(21)18-12-15(20(2)3)16-6-5-11-23-16/h5-11,15H,4,12H2,1-3H3,(H2,18,19,21)/t15-/m0/s1. The molecule has 0 bridgehead atoms. The normalized spacial score (nSPS) is 12.0. The maximum Gasteiger partial charge on any atom is 0.319 e. The minimum absolute atomic E-state index is 0.168. The van der Waals surface area contributed by atoms with Crippen LogP contribution in [0.4, 0.5) is 10.5 Å². The molecule has 1 atom stereocenters. The molecular weight excluding hydrogens is 310 g/mol. The summed E-state index contributed by atoms with van der Waals surface area (Å²) in [6.45, 7) is 3.12. The van der Waals surface area contributed by atoms with Gasteiger partial charge in [-0.3, -0.25) is 0 Å². The van der Waals surface area contributed by atoms with E-state index in [1.165, 1.54) is 4.88 Å². The number of carbonyl (C=O) groups excluding carboxylic acids is 1. The van der Waals surface area contributed by atoms with Crippen LogP contribution in [-0.4, -0.2) is 38.2 Å². The van der Waals surface area contributed by atoms with E-state index in [9.17, 15) is 4.79 Å². The van der Waals surface area contributed by atoms with E-state index in [4.69, 9.17) is 4.74 Å². The second-order valence-electron chi connectivity index (χ2n) is 5.29. The van der Waals surface area contributed by atoms with E-state index in [0.717, 1.165) is 11.4 Å². The van der Waals surface area contributed by atoms with Gasteiger partial charge in [-0.05, 0) is 56.7 Å². The van der Waals surface area contributed by atoms with Gasteiger partial charge in [0.05, 0.1) is 12.6 Å². The molecule has 5 nitrogen and oxygen atoms in total. The first-order valence-electron chi connectivity index (χ1n) is 7.57. The molecular formula is C17H23N3O2S. The molecule has 0 saturated heterocycles. The van der Waals surface area contributed by atoms with Crippen molar-refractivity contribution in [1.29, 1.82) is 0 Å². The molecule has 0 aliphatic heterocycles. The van der Waals surface area contributed by atoms with Crippen molar-refractivity contribution in [3.05, 3.63) is 46.7 Å². The highest BCUT2D eigenvalue weighted by Gasteiger charge is 2.16. The summed E-state index contributed by atoms with van der Waals surface area (Å²) in [5, 5.41) is 7.80. The quantitative estimate of drug-likeness (QED) is 0.814. The third-order valence-electron chi connectivity index (χ3n) is 3.37. The molecule has 0 spiro atoms. The number of ether oxygens (including phenoxy) is 1. The van der Waals surface area contributed by atoms with Gasteiger partial charge in [-0.2, -0.15) is 0 Å². The van der Waals surface area contributed by atoms with Gasteiger partial charge in [0.25, 0.3) is 0 Å². The van der Waals surface area contributed by atoms with Crippen LogP contribution in [0.3, 0.4) is 0 Å². The number of nitrogens with one attached hydrogen (secondary N) is 2. The summed E-state index contributed by atoms with van der Waals surface area (Å²) in [4.78, 5) is 15.4. The molecule has 0 aliphatic carbocycles. The summed E-state index contributed by atoms with van der Waals surface area (Å²) in [5.74, 6) is 0.795. The molecule has 0 aliphatic rings. The van der Waals surface area contributed by atoms with Crippen LogP contribution < -0.4 is 15.4 Å². The zero-order chi connectivity index (χ0) is 16.7. The highest BCUT2D eigenvalue weighted by atomic mass is 32.1. The summed E-state index contributed by atoms with van der Waals surface area (Å²) in [7, 11) is 4.02. The molecule has 0 radical (unpaired) electrons. The van der Waals surface area contributed by atoms with Crippen LogP contribution in [0.25, 0.3) is 0 Å². The first kappa shape index (κ1) is 17.3. The molecule has 23 heavy (non-hydrogen) atoms. The number of urea groups is 1. The fourth-order valence-electron chi connectivity index (χ4n) is 2.18. The van der Waals surface area contributed by atoms with E-state index in [1.807, 2.05) is 56.7 Å². The minimum Gasteiger partial charge on any atom is -0.494 e. The van der Waals surface area contributed by atoms with Gasteiger partial charge in [0, 0.05) is 17.1 Å². The maximum absolute atomic E-state index is 12.1. The number of rotatable bonds is 7. The molecule has 1 aromatic carbocycles. The predicted octanol–water partition coefficient (Wildman–Crippen LogP) is 3.57. The second-order valence-corrected chi connectivity index (χ2v) is 6.27. The van der Waals surface area contributed by atoms with E-state index in [2.05, 4.69) is 21.6 Å². The fourth-order valence-corrected chi connectivity index (χ4v) is 3.11. The van der Waals surface area contributed by atoms with Crippen molar-refractivity contribution in [3.63, 3.8) is 0 Å². The van der Waals surface area contributed by atoms with Gasteiger partial charge in [0.1, 0.15) is 5.75 Å². The van der Waals surface area contributed by atoms with Gasteiger partial charge >= 0.3 is 6.03 Å². The molecule has 0 unspecified atom stereocenters. The van der Waals surface area contributed by atoms with E-state index < -0.39 is 0 Å². The number of hydrogen-bond acceptors (Lipinski definition) is 4. The number of benzene rings is 1. The molecule has 2 amide bonds. The highest BCUT2D eigenvalue weighted by Crippen LogP contribution is 2.22. The van der Waals surface area contributed by atoms with E-state index >= 15 is 0 Å². The average Bonchev–Trinajstić information content (AvgIpc) is 3.03. The van der Waals surface area contributed by atoms with E-state index in [-0.39, 0.29) is 12.1 Å². The summed E-state index contributed by atoms with van der Waals surface area (Å²) in [6, 6.07) is 11.4. The number of likely N-dealkylation sites (N-methyl/N-ethyl adjacent to an activating group) is 1. The van der Waals surface area contributed by atoms with E-state index in [0.29, 0.717) is 13.2 Å². The van der Waals surface area contributed by atoms with E-state index in [1.54, 1.807) is 11.3 Å². The Kier molecular flexibility index (Phi) is 6.43.